The highest BCUT2D eigenvalue weighted by atomic mass is 32.1. The molecule has 2 aliphatic heterocycles. The minimum Gasteiger partial charge on any atom is -0.477 e. The number of hydrogen-bond acceptors (Lipinski definition) is 4. The molecule has 0 aliphatic carbocycles. The van der Waals surface area contributed by atoms with Crippen LogP contribution in [0.1, 0.15) is 45.0 Å². The fourth-order valence-corrected chi connectivity index (χ4v) is 3.97. The van der Waals surface area contributed by atoms with E-state index in [1.54, 1.807) is 11.0 Å². The molecule has 22 heavy (non-hydrogen) atoms. The molecule has 1 N–H and O–H groups in total. The van der Waals surface area contributed by atoms with Gasteiger partial charge in [0.25, 0.3) is 5.91 Å². The highest BCUT2D eigenvalue weighted by Crippen LogP contribution is 2.24. The van der Waals surface area contributed by atoms with Crippen molar-refractivity contribution >= 4 is 29.1 Å². The van der Waals surface area contributed by atoms with Gasteiger partial charge in [-0.1, -0.05) is 0 Å². The Labute approximate surface area is 132 Å². The van der Waals surface area contributed by atoms with Gasteiger partial charge in [0.1, 0.15) is 4.88 Å². The molecule has 3 rings (SSSR count). The van der Waals surface area contributed by atoms with Gasteiger partial charge >= 0.3 is 5.97 Å². The van der Waals surface area contributed by atoms with Crippen molar-refractivity contribution in [2.24, 2.45) is 0 Å². The predicted octanol–water partition coefficient (Wildman–Crippen LogP) is 1.67. The third-order valence-corrected chi connectivity index (χ3v) is 5.39. The van der Waals surface area contributed by atoms with Crippen LogP contribution in [0, 0.1) is 0 Å². The molecule has 0 saturated carbocycles. The smallest absolute Gasteiger partial charge is 0.345 e. The normalized spacial score (nSPS) is 19.7. The number of carboxylic acid groups (broad SMARTS) is 1. The second-order valence-electron chi connectivity index (χ2n) is 5.68. The van der Waals surface area contributed by atoms with Crippen molar-refractivity contribution in [3.05, 3.63) is 21.9 Å². The molecular weight excluding hydrogens is 304 g/mol. The van der Waals surface area contributed by atoms with E-state index >= 15 is 0 Å². The number of thiophene rings is 1. The van der Waals surface area contributed by atoms with Crippen molar-refractivity contribution in [1.29, 1.82) is 0 Å². The number of likely N-dealkylation sites (tertiary alicyclic amines) is 2. The van der Waals surface area contributed by atoms with Crippen LogP contribution in [0.25, 0.3) is 0 Å². The van der Waals surface area contributed by atoms with Crippen molar-refractivity contribution in [2.45, 2.75) is 31.7 Å². The molecule has 1 aromatic rings. The number of aromatic carboxylic acids is 1. The Morgan fingerprint density at radius 3 is 2.36 bits per heavy atom. The highest BCUT2D eigenvalue weighted by molar-refractivity contribution is 7.15. The van der Waals surface area contributed by atoms with Crippen molar-refractivity contribution < 1.29 is 19.5 Å². The van der Waals surface area contributed by atoms with Crippen LogP contribution in [0.5, 0.6) is 0 Å². The first-order valence-electron chi connectivity index (χ1n) is 7.48. The zero-order valence-electron chi connectivity index (χ0n) is 12.2. The molecule has 0 spiro atoms. The quantitative estimate of drug-likeness (QED) is 0.918. The zero-order valence-corrected chi connectivity index (χ0v) is 13.0. The molecule has 118 valence electrons. The summed E-state index contributed by atoms with van der Waals surface area (Å²) in [6.07, 6.45) is 3.18. The Morgan fingerprint density at radius 2 is 1.82 bits per heavy atom. The number of amides is 2. The van der Waals surface area contributed by atoms with Gasteiger partial charge in [0.05, 0.1) is 4.88 Å². The first-order valence-corrected chi connectivity index (χ1v) is 8.30. The zero-order chi connectivity index (χ0) is 15.7. The Kier molecular flexibility index (Phi) is 4.15. The molecule has 2 aliphatic rings. The number of piperidine rings is 1. The maximum Gasteiger partial charge on any atom is 0.345 e. The van der Waals surface area contributed by atoms with Gasteiger partial charge in [-0.15, -0.1) is 11.3 Å². The molecule has 7 heteroatoms. The van der Waals surface area contributed by atoms with Gasteiger partial charge in [0, 0.05) is 32.1 Å². The Bertz CT molecular complexity index is 604. The van der Waals surface area contributed by atoms with E-state index < -0.39 is 5.97 Å². The summed E-state index contributed by atoms with van der Waals surface area (Å²) in [5.41, 5.74) is 0. The first kappa shape index (κ1) is 15.0. The average Bonchev–Trinajstić information content (AvgIpc) is 3.15. The monoisotopic (exact) mass is 322 g/mol. The van der Waals surface area contributed by atoms with Crippen LogP contribution in [0.15, 0.2) is 12.1 Å². The fourth-order valence-electron chi connectivity index (χ4n) is 3.16. The molecule has 0 radical (unpaired) electrons. The van der Waals surface area contributed by atoms with E-state index in [-0.39, 0.29) is 22.7 Å². The van der Waals surface area contributed by atoms with Gasteiger partial charge in [-0.05, 0) is 31.4 Å². The molecule has 2 amide bonds. The summed E-state index contributed by atoms with van der Waals surface area (Å²) in [7, 11) is 0. The van der Waals surface area contributed by atoms with E-state index in [1.807, 2.05) is 4.90 Å². The Balaban J connectivity index is 1.59. The molecule has 0 unspecified atom stereocenters. The molecule has 3 heterocycles. The van der Waals surface area contributed by atoms with Crippen LogP contribution < -0.4 is 0 Å². The number of carboxylic acids is 1. The minimum absolute atomic E-state index is 0.108. The fraction of sp³-hybridized carbons (Fsp3) is 0.533. The van der Waals surface area contributed by atoms with Crippen LogP contribution in [0.3, 0.4) is 0 Å². The van der Waals surface area contributed by atoms with Crippen molar-refractivity contribution in [3.8, 4) is 0 Å². The number of nitrogens with zero attached hydrogens (tertiary/aromatic N) is 2. The predicted molar refractivity (Wildman–Crippen MR) is 81.2 cm³/mol. The highest BCUT2D eigenvalue weighted by Gasteiger charge is 2.32. The van der Waals surface area contributed by atoms with E-state index in [0.29, 0.717) is 24.4 Å². The van der Waals surface area contributed by atoms with E-state index in [9.17, 15) is 14.4 Å². The lowest BCUT2D eigenvalue weighted by Gasteiger charge is -2.36. The van der Waals surface area contributed by atoms with Gasteiger partial charge in [-0.25, -0.2) is 4.79 Å². The van der Waals surface area contributed by atoms with Crippen molar-refractivity contribution in [1.82, 2.24) is 9.80 Å². The van der Waals surface area contributed by atoms with Crippen LogP contribution in [0.4, 0.5) is 0 Å². The molecule has 6 nitrogen and oxygen atoms in total. The van der Waals surface area contributed by atoms with Gasteiger partial charge in [-0.2, -0.15) is 0 Å². The van der Waals surface area contributed by atoms with Crippen LogP contribution >= 0.6 is 11.3 Å². The van der Waals surface area contributed by atoms with Gasteiger partial charge in [0.15, 0.2) is 0 Å². The summed E-state index contributed by atoms with van der Waals surface area (Å²) >= 11 is 1.01. The van der Waals surface area contributed by atoms with Gasteiger partial charge < -0.3 is 14.9 Å². The van der Waals surface area contributed by atoms with E-state index in [0.717, 1.165) is 37.1 Å². The molecule has 0 bridgehead atoms. The number of rotatable bonds is 3. The lowest BCUT2D eigenvalue weighted by atomic mass is 10.0. The van der Waals surface area contributed by atoms with Crippen LogP contribution in [0.2, 0.25) is 0 Å². The third-order valence-electron chi connectivity index (χ3n) is 4.33. The average molecular weight is 322 g/mol. The SMILES string of the molecule is O=C(O)c1ccc(C(=O)N2CCC(N3CCCC3=O)CC2)s1. The summed E-state index contributed by atoms with van der Waals surface area (Å²) in [6, 6.07) is 3.29. The number of carbonyl (C=O) groups is 3. The third kappa shape index (κ3) is 2.85. The summed E-state index contributed by atoms with van der Waals surface area (Å²) in [5.74, 6) is -0.881. The second kappa shape index (κ2) is 6.08. The lowest BCUT2D eigenvalue weighted by molar-refractivity contribution is -0.130. The van der Waals surface area contributed by atoms with Gasteiger partial charge in [0.2, 0.25) is 5.91 Å². The molecule has 2 saturated heterocycles. The van der Waals surface area contributed by atoms with Crippen molar-refractivity contribution in [3.63, 3.8) is 0 Å². The van der Waals surface area contributed by atoms with E-state index in [2.05, 4.69) is 0 Å². The molecule has 0 atom stereocenters. The standard InChI is InChI=1S/C15H18N2O4S/c18-13-2-1-7-17(13)10-5-8-16(9-6-10)14(19)11-3-4-12(22-11)15(20)21/h3-4,10H,1-2,5-9H2,(H,20,21). The second-order valence-corrected chi connectivity index (χ2v) is 6.77. The maximum atomic E-state index is 12.4. The van der Waals surface area contributed by atoms with E-state index in [1.165, 1.54) is 6.07 Å². The minimum atomic E-state index is -1.00. The number of hydrogen-bond donors (Lipinski definition) is 1. The van der Waals surface area contributed by atoms with Gasteiger partial charge in [-0.3, -0.25) is 9.59 Å². The van der Waals surface area contributed by atoms with E-state index in [4.69, 9.17) is 5.11 Å². The molecule has 1 aromatic heterocycles. The van der Waals surface area contributed by atoms with Crippen LogP contribution in [-0.4, -0.2) is 58.4 Å². The summed E-state index contributed by atoms with van der Waals surface area (Å²) in [6.45, 7) is 2.07. The summed E-state index contributed by atoms with van der Waals surface area (Å²) < 4.78 is 0. The Hall–Kier alpha value is -1.89. The molecular formula is C15H18N2O4S. The molecule has 2 fully saturated rings. The lowest BCUT2D eigenvalue weighted by Crippen LogP contribution is -2.47. The van der Waals surface area contributed by atoms with Crippen molar-refractivity contribution in [2.75, 3.05) is 19.6 Å². The number of carbonyl (C=O) groups excluding carboxylic acids is 2. The van der Waals surface area contributed by atoms with Crippen LogP contribution in [-0.2, 0) is 4.79 Å². The maximum absolute atomic E-state index is 12.4. The first-order chi connectivity index (χ1) is 10.6. The summed E-state index contributed by atoms with van der Waals surface area (Å²) in [4.78, 5) is 39.4. The summed E-state index contributed by atoms with van der Waals surface area (Å²) in [5, 5.41) is 8.92. The molecule has 0 aromatic carbocycles. The topological polar surface area (TPSA) is 77.9 Å². The Morgan fingerprint density at radius 1 is 1.14 bits per heavy atom. The largest absolute Gasteiger partial charge is 0.477 e.